The van der Waals surface area contributed by atoms with Gasteiger partial charge in [0.1, 0.15) is 0 Å². The number of carbonyl (C=O) groups excluding carboxylic acids is 1. The number of methoxy groups -OCH3 is 1. The van der Waals surface area contributed by atoms with E-state index >= 15 is 0 Å². The number of hydrogen-bond acceptors (Lipinski definition) is 6. The van der Waals surface area contributed by atoms with Crippen molar-refractivity contribution in [1.82, 2.24) is 19.7 Å². The molecule has 1 aliphatic rings. The Hall–Kier alpha value is -2.44. The maximum atomic E-state index is 12.4. The molecule has 2 aromatic heterocycles. The van der Waals surface area contributed by atoms with E-state index in [9.17, 15) is 4.79 Å². The number of hydrogen-bond donors (Lipinski definition) is 0. The second kappa shape index (κ2) is 6.13. The highest BCUT2D eigenvalue weighted by Gasteiger charge is 2.29. The Bertz CT molecular complexity index is 669. The summed E-state index contributed by atoms with van der Waals surface area (Å²) in [4.78, 5) is 23.1. The second-order valence-electron chi connectivity index (χ2n) is 5.42. The minimum atomic E-state index is 0.105. The fourth-order valence-corrected chi connectivity index (χ4v) is 2.79. The van der Waals surface area contributed by atoms with Crippen LogP contribution in [0.15, 0.2) is 24.7 Å². The Morgan fingerprint density at radius 2 is 2.36 bits per heavy atom. The van der Waals surface area contributed by atoms with E-state index in [1.54, 1.807) is 36.4 Å². The third-order valence-corrected chi connectivity index (χ3v) is 3.91. The second-order valence-corrected chi connectivity index (χ2v) is 5.42. The third-order valence-electron chi connectivity index (χ3n) is 3.91. The summed E-state index contributed by atoms with van der Waals surface area (Å²) in [5, 5.41) is 4.05. The fourth-order valence-electron chi connectivity index (χ4n) is 2.79. The SMILES string of the molecule is COc1ccnc(N2CCCC2CC(=O)c2cnn(C)c2)n1. The Morgan fingerprint density at radius 1 is 1.50 bits per heavy atom. The zero-order valence-electron chi connectivity index (χ0n) is 12.8. The third kappa shape index (κ3) is 2.93. The average Bonchev–Trinajstić information content (AvgIpc) is 3.16. The van der Waals surface area contributed by atoms with Crippen LogP contribution >= 0.6 is 0 Å². The van der Waals surface area contributed by atoms with Gasteiger partial charge in [0, 0.05) is 44.5 Å². The maximum absolute atomic E-state index is 12.4. The molecule has 0 bridgehead atoms. The maximum Gasteiger partial charge on any atom is 0.228 e. The van der Waals surface area contributed by atoms with Crippen molar-refractivity contribution in [3.05, 3.63) is 30.2 Å². The first-order valence-electron chi connectivity index (χ1n) is 7.33. The normalized spacial score (nSPS) is 17.7. The number of ether oxygens (including phenoxy) is 1. The van der Waals surface area contributed by atoms with Crippen LogP contribution in [0.5, 0.6) is 5.88 Å². The predicted molar refractivity (Wildman–Crippen MR) is 81.1 cm³/mol. The van der Waals surface area contributed by atoms with E-state index in [0.29, 0.717) is 23.8 Å². The summed E-state index contributed by atoms with van der Waals surface area (Å²) in [6.07, 6.45) is 7.50. The Kier molecular flexibility index (Phi) is 4.04. The summed E-state index contributed by atoms with van der Waals surface area (Å²) in [6, 6.07) is 1.84. The van der Waals surface area contributed by atoms with Gasteiger partial charge < -0.3 is 9.64 Å². The first-order valence-corrected chi connectivity index (χ1v) is 7.33. The molecule has 7 heteroatoms. The molecule has 0 saturated carbocycles. The monoisotopic (exact) mass is 301 g/mol. The quantitative estimate of drug-likeness (QED) is 0.779. The summed E-state index contributed by atoms with van der Waals surface area (Å²) in [5.74, 6) is 1.27. The van der Waals surface area contributed by atoms with Gasteiger partial charge in [0.25, 0.3) is 0 Å². The molecule has 1 unspecified atom stereocenters. The molecule has 7 nitrogen and oxygen atoms in total. The lowest BCUT2D eigenvalue weighted by Crippen LogP contribution is -2.32. The molecule has 0 N–H and O–H groups in total. The van der Waals surface area contributed by atoms with Crippen LogP contribution in [0.2, 0.25) is 0 Å². The van der Waals surface area contributed by atoms with Gasteiger partial charge in [-0.05, 0) is 12.8 Å². The lowest BCUT2D eigenvalue weighted by molar-refractivity contribution is 0.0974. The highest BCUT2D eigenvalue weighted by Crippen LogP contribution is 2.26. The van der Waals surface area contributed by atoms with Crippen LogP contribution in [-0.4, -0.2) is 45.2 Å². The number of carbonyl (C=O) groups is 1. The molecule has 2 aromatic rings. The van der Waals surface area contributed by atoms with Crippen molar-refractivity contribution in [1.29, 1.82) is 0 Å². The topological polar surface area (TPSA) is 73.1 Å². The lowest BCUT2D eigenvalue weighted by atomic mass is 10.0. The number of rotatable bonds is 5. The zero-order chi connectivity index (χ0) is 15.5. The van der Waals surface area contributed by atoms with Crippen LogP contribution in [0.1, 0.15) is 29.6 Å². The average molecular weight is 301 g/mol. The van der Waals surface area contributed by atoms with Crippen molar-refractivity contribution >= 4 is 11.7 Å². The summed E-state index contributed by atoms with van der Waals surface area (Å²) in [7, 11) is 3.39. The summed E-state index contributed by atoms with van der Waals surface area (Å²) in [5.41, 5.74) is 0.654. The molecule has 1 atom stereocenters. The number of aryl methyl sites for hydroxylation is 1. The molecule has 116 valence electrons. The van der Waals surface area contributed by atoms with Crippen LogP contribution in [0.25, 0.3) is 0 Å². The number of anilines is 1. The van der Waals surface area contributed by atoms with Gasteiger partial charge >= 0.3 is 0 Å². The van der Waals surface area contributed by atoms with Gasteiger partial charge in [-0.25, -0.2) is 4.98 Å². The summed E-state index contributed by atoms with van der Waals surface area (Å²) in [6.45, 7) is 0.859. The van der Waals surface area contributed by atoms with Crippen molar-refractivity contribution in [3.8, 4) is 5.88 Å². The van der Waals surface area contributed by atoms with Crippen molar-refractivity contribution in [2.75, 3.05) is 18.6 Å². The van der Waals surface area contributed by atoms with Gasteiger partial charge in [0.2, 0.25) is 11.8 Å². The fraction of sp³-hybridized carbons (Fsp3) is 0.467. The molecule has 0 radical (unpaired) electrons. The highest BCUT2D eigenvalue weighted by molar-refractivity contribution is 5.96. The van der Waals surface area contributed by atoms with Crippen molar-refractivity contribution < 1.29 is 9.53 Å². The van der Waals surface area contributed by atoms with E-state index in [1.807, 2.05) is 7.05 Å². The van der Waals surface area contributed by atoms with E-state index in [4.69, 9.17) is 4.74 Å². The summed E-state index contributed by atoms with van der Waals surface area (Å²) < 4.78 is 6.79. The number of nitrogens with zero attached hydrogens (tertiary/aromatic N) is 5. The van der Waals surface area contributed by atoms with E-state index in [0.717, 1.165) is 19.4 Å². The molecule has 0 amide bonds. The molecule has 0 spiro atoms. The van der Waals surface area contributed by atoms with Gasteiger partial charge in [-0.1, -0.05) is 0 Å². The van der Waals surface area contributed by atoms with Crippen molar-refractivity contribution in [3.63, 3.8) is 0 Å². The van der Waals surface area contributed by atoms with Gasteiger partial charge in [0.05, 0.1) is 18.9 Å². The van der Waals surface area contributed by atoms with Crippen molar-refractivity contribution in [2.24, 2.45) is 7.05 Å². The number of aromatic nitrogens is 4. The minimum absolute atomic E-state index is 0.105. The zero-order valence-corrected chi connectivity index (χ0v) is 12.8. The van der Waals surface area contributed by atoms with E-state index < -0.39 is 0 Å². The molecular weight excluding hydrogens is 282 g/mol. The molecule has 22 heavy (non-hydrogen) atoms. The lowest BCUT2D eigenvalue weighted by Gasteiger charge is -2.24. The van der Waals surface area contributed by atoms with E-state index in [1.165, 1.54) is 0 Å². The van der Waals surface area contributed by atoms with E-state index in [-0.39, 0.29) is 11.8 Å². The molecule has 3 heterocycles. The van der Waals surface area contributed by atoms with Crippen LogP contribution < -0.4 is 9.64 Å². The summed E-state index contributed by atoms with van der Waals surface area (Å²) >= 11 is 0. The first-order chi connectivity index (χ1) is 10.7. The number of Topliss-reactive ketones (excluding diaryl/α,β-unsaturated/α-hetero) is 1. The molecule has 1 saturated heterocycles. The van der Waals surface area contributed by atoms with Gasteiger partial charge in [0.15, 0.2) is 5.78 Å². The van der Waals surface area contributed by atoms with Gasteiger partial charge in [-0.15, -0.1) is 0 Å². The molecular formula is C15H19N5O2. The van der Waals surface area contributed by atoms with Crippen LogP contribution in [0, 0.1) is 0 Å². The van der Waals surface area contributed by atoms with Crippen LogP contribution in [0.4, 0.5) is 5.95 Å². The van der Waals surface area contributed by atoms with E-state index in [2.05, 4.69) is 20.0 Å². The standard InChI is InChI=1S/C15H19N5O2/c1-19-10-11(9-17-19)13(21)8-12-4-3-7-20(12)15-16-6-5-14(18-15)22-2/h5-6,9-10,12H,3-4,7-8H2,1-2H3. The minimum Gasteiger partial charge on any atom is -0.481 e. The molecule has 1 aliphatic heterocycles. The smallest absolute Gasteiger partial charge is 0.228 e. The largest absolute Gasteiger partial charge is 0.481 e. The molecule has 0 aromatic carbocycles. The van der Waals surface area contributed by atoms with Crippen LogP contribution in [-0.2, 0) is 7.05 Å². The molecule has 1 fully saturated rings. The Balaban J connectivity index is 1.74. The van der Waals surface area contributed by atoms with Gasteiger partial charge in [-0.2, -0.15) is 10.1 Å². The van der Waals surface area contributed by atoms with Crippen molar-refractivity contribution in [2.45, 2.75) is 25.3 Å². The Labute approximate surface area is 128 Å². The Morgan fingerprint density at radius 3 is 3.09 bits per heavy atom. The predicted octanol–water partition coefficient (Wildman–Crippen LogP) is 1.46. The molecule has 0 aliphatic carbocycles. The van der Waals surface area contributed by atoms with Crippen LogP contribution in [0.3, 0.4) is 0 Å². The molecule has 3 rings (SSSR count). The van der Waals surface area contributed by atoms with Gasteiger partial charge in [-0.3, -0.25) is 9.48 Å². The number of ketones is 1. The highest BCUT2D eigenvalue weighted by atomic mass is 16.5. The first kappa shape index (κ1) is 14.5.